The van der Waals surface area contributed by atoms with Crippen molar-refractivity contribution in [3.8, 4) is 5.88 Å². The Hall–Kier alpha value is -3.26. The first-order valence-electron chi connectivity index (χ1n) is 11.3. The molecule has 0 aromatic carbocycles. The molecule has 1 atom stereocenters. The highest BCUT2D eigenvalue weighted by molar-refractivity contribution is 5.93. The summed E-state index contributed by atoms with van der Waals surface area (Å²) in [5.41, 5.74) is 7.35. The Kier molecular flexibility index (Phi) is 4.83. The summed E-state index contributed by atoms with van der Waals surface area (Å²) in [7, 11) is 0. The lowest BCUT2D eigenvalue weighted by molar-refractivity contribution is -0.0189. The fraction of sp³-hybridized carbons (Fsp3) is 0.440. The summed E-state index contributed by atoms with van der Waals surface area (Å²) < 4.78 is 11.6. The fourth-order valence-corrected chi connectivity index (χ4v) is 4.02. The second-order valence-corrected chi connectivity index (χ2v) is 10.1. The van der Waals surface area contributed by atoms with E-state index in [-0.39, 0.29) is 18.0 Å². The number of rotatable bonds is 5. The summed E-state index contributed by atoms with van der Waals surface area (Å²) in [4.78, 5) is 26.2. The molecule has 8 heteroatoms. The number of hydrogen-bond acceptors (Lipinski definition) is 8. The molecule has 4 heterocycles. The van der Waals surface area contributed by atoms with E-state index in [0.717, 1.165) is 34.9 Å². The zero-order valence-corrected chi connectivity index (χ0v) is 19.6. The largest absolute Gasteiger partial charge is 0.474 e. The van der Waals surface area contributed by atoms with Crippen LogP contribution in [0.5, 0.6) is 5.88 Å². The smallest absolute Gasteiger partial charge is 0.340 e. The summed E-state index contributed by atoms with van der Waals surface area (Å²) in [5.74, 6) is 1.42. The van der Waals surface area contributed by atoms with Crippen molar-refractivity contribution in [3.63, 3.8) is 0 Å². The highest BCUT2D eigenvalue weighted by Gasteiger charge is 2.40. The molecule has 0 saturated heterocycles. The van der Waals surface area contributed by atoms with Crippen molar-refractivity contribution < 1.29 is 14.3 Å². The molecule has 0 spiro atoms. The van der Waals surface area contributed by atoms with Crippen LogP contribution in [0.3, 0.4) is 0 Å². The maximum atomic E-state index is 12.4. The quantitative estimate of drug-likeness (QED) is 0.548. The van der Waals surface area contributed by atoms with E-state index in [9.17, 15) is 4.79 Å². The number of ether oxygens (including phenoxy) is 2. The number of aromatic nitrogens is 3. The maximum Gasteiger partial charge on any atom is 0.340 e. The minimum atomic E-state index is -0.622. The number of carbonyl (C=O) groups excluding carboxylic acids is 1. The van der Waals surface area contributed by atoms with Gasteiger partial charge in [-0.2, -0.15) is 0 Å². The van der Waals surface area contributed by atoms with E-state index in [1.807, 2.05) is 40.7 Å². The van der Waals surface area contributed by atoms with E-state index in [0.29, 0.717) is 23.1 Å². The van der Waals surface area contributed by atoms with Gasteiger partial charge in [0.2, 0.25) is 5.88 Å². The van der Waals surface area contributed by atoms with Crippen molar-refractivity contribution in [1.29, 1.82) is 0 Å². The molecular weight excluding hydrogens is 418 g/mol. The Labute approximate surface area is 192 Å². The minimum absolute atomic E-state index is 0.0469. The first kappa shape index (κ1) is 21.6. The molecule has 172 valence electrons. The molecule has 1 saturated carbocycles. The highest BCUT2D eigenvalue weighted by Crippen LogP contribution is 2.39. The molecule has 0 unspecified atom stereocenters. The van der Waals surface area contributed by atoms with Crippen LogP contribution in [0.4, 0.5) is 11.6 Å². The molecule has 2 aliphatic rings. The third-order valence-electron chi connectivity index (χ3n) is 6.44. The Morgan fingerprint density at radius 1 is 1.15 bits per heavy atom. The van der Waals surface area contributed by atoms with Gasteiger partial charge in [0, 0.05) is 23.9 Å². The van der Waals surface area contributed by atoms with E-state index in [1.165, 1.54) is 0 Å². The van der Waals surface area contributed by atoms with Gasteiger partial charge >= 0.3 is 5.97 Å². The van der Waals surface area contributed by atoms with Crippen molar-refractivity contribution in [2.24, 2.45) is 5.73 Å². The van der Waals surface area contributed by atoms with Gasteiger partial charge in [0.15, 0.2) is 0 Å². The van der Waals surface area contributed by atoms with Crippen molar-refractivity contribution in [3.05, 3.63) is 47.4 Å². The molecule has 0 radical (unpaired) electrons. The molecule has 5 rings (SSSR count). The third-order valence-corrected chi connectivity index (χ3v) is 6.44. The Balaban J connectivity index is 1.53. The zero-order chi connectivity index (χ0) is 23.5. The average molecular weight is 448 g/mol. The molecule has 3 aromatic heterocycles. The lowest BCUT2D eigenvalue weighted by Crippen LogP contribution is -2.39. The Bertz CT molecular complexity index is 1260. The molecule has 0 amide bonds. The standard InChI is InChI=1S/C25H29N5O3/c1-13-21-15(23(31)33-25(13,4)5)8-9-19(30-21)29-20-10-16-17(11-27-20)22(32-14-6-7-14)28-12-18(16)24(2,3)26/h8-14H,6-7,26H2,1-5H3,(H,27,29,30)/t13-/m0/s1. The van der Waals surface area contributed by atoms with Gasteiger partial charge in [-0.25, -0.2) is 19.7 Å². The van der Waals surface area contributed by atoms with Gasteiger partial charge in [-0.1, -0.05) is 6.92 Å². The maximum absolute atomic E-state index is 12.4. The summed E-state index contributed by atoms with van der Waals surface area (Å²) in [5, 5.41) is 5.05. The fourth-order valence-electron chi connectivity index (χ4n) is 4.02. The summed E-state index contributed by atoms with van der Waals surface area (Å²) in [6, 6.07) is 5.46. The topological polar surface area (TPSA) is 112 Å². The van der Waals surface area contributed by atoms with E-state index in [2.05, 4.69) is 15.3 Å². The SMILES string of the molecule is C[C@H]1c2nc(Nc3cc4c(C(C)(C)N)cnc(OC5CC5)c4cn3)ccc2C(=O)OC1(C)C. The van der Waals surface area contributed by atoms with E-state index in [4.69, 9.17) is 20.2 Å². The van der Waals surface area contributed by atoms with Crippen LogP contribution in [0.1, 0.15) is 75.0 Å². The van der Waals surface area contributed by atoms with E-state index < -0.39 is 11.1 Å². The number of anilines is 2. The normalized spacial score (nSPS) is 19.7. The van der Waals surface area contributed by atoms with Gasteiger partial charge in [-0.15, -0.1) is 0 Å². The number of nitrogens with two attached hydrogens (primary N) is 1. The highest BCUT2D eigenvalue weighted by atomic mass is 16.6. The van der Waals surface area contributed by atoms with Crippen molar-refractivity contribution in [2.75, 3.05) is 5.32 Å². The first-order valence-corrected chi connectivity index (χ1v) is 11.3. The van der Waals surface area contributed by atoms with Crippen LogP contribution >= 0.6 is 0 Å². The second-order valence-electron chi connectivity index (χ2n) is 10.1. The number of nitrogens with zero attached hydrogens (tertiary/aromatic N) is 3. The van der Waals surface area contributed by atoms with Gasteiger partial charge in [-0.3, -0.25) is 0 Å². The van der Waals surface area contributed by atoms with Crippen LogP contribution in [0.15, 0.2) is 30.6 Å². The van der Waals surface area contributed by atoms with Gasteiger partial charge < -0.3 is 20.5 Å². The summed E-state index contributed by atoms with van der Waals surface area (Å²) >= 11 is 0. The molecule has 33 heavy (non-hydrogen) atoms. The van der Waals surface area contributed by atoms with Gasteiger partial charge in [-0.05, 0) is 69.7 Å². The lowest BCUT2D eigenvalue weighted by atomic mass is 9.84. The number of esters is 1. The van der Waals surface area contributed by atoms with Crippen LogP contribution in [-0.4, -0.2) is 32.6 Å². The predicted molar refractivity (Wildman–Crippen MR) is 126 cm³/mol. The van der Waals surface area contributed by atoms with Gasteiger partial charge in [0.05, 0.1) is 16.6 Å². The number of carbonyl (C=O) groups is 1. The van der Waals surface area contributed by atoms with Crippen LogP contribution in [0.2, 0.25) is 0 Å². The van der Waals surface area contributed by atoms with Crippen molar-refractivity contribution >= 4 is 28.4 Å². The van der Waals surface area contributed by atoms with Crippen LogP contribution in [0.25, 0.3) is 10.8 Å². The molecule has 0 bridgehead atoms. The average Bonchev–Trinajstić information content (AvgIpc) is 3.55. The predicted octanol–water partition coefficient (Wildman–Crippen LogP) is 4.56. The van der Waals surface area contributed by atoms with Crippen LogP contribution in [0, 0.1) is 0 Å². The number of hydrogen-bond donors (Lipinski definition) is 2. The lowest BCUT2D eigenvalue weighted by Gasteiger charge is -2.36. The molecule has 1 fully saturated rings. The molecule has 3 aromatic rings. The number of cyclic esters (lactones) is 1. The molecule has 8 nitrogen and oxygen atoms in total. The monoisotopic (exact) mass is 447 g/mol. The van der Waals surface area contributed by atoms with Crippen molar-refractivity contribution in [2.45, 2.75) is 70.6 Å². The number of nitrogens with one attached hydrogen (secondary N) is 1. The Morgan fingerprint density at radius 3 is 2.61 bits per heavy atom. The molecular formula is C25H29N5O3. The van der Waals surface area contributed by atoms with E-state index in [1.54, 1.807) is 24.5 Å². The van der Waals surface area contributed by atoms with Crippen LogP contribution in [-0.2, 0) is 10.3 Å². The van der Waals surface area contributed by atoms with E-state index >= 15 is 0 Å². The molecule has 3 N–H and O–H groups in total. The van der Waals surface area contributed by atoms with Gasteiger partial charge in [0.25, 0.3) is 0 Å². The molecule has 1 aliphatic heterocycles. The number of pyridine rings is 3. The Morgan fingerprint density at radius 2 is 1.91 bits per heavy atom. The van der Waals surface area contributed by atoms with Crippen LogP contribution < -0.4 is 15.8 Å². The summed E-state index contributed by atoms with van der Waals surface area (Å²) in [6.45, 7) is 9.71. The van der Waals surface area contributed by atoms with Crippen molar-refractivity contribution in [1.82, 2.24) is 15.0 Å². The first-order chi connectivity index (χ1) is 15.5. The minimum Gasteiger partial charge on any atom is -0.474 e. The van der Waals surface area contributed by atoms with Gasteiger partial charge in [0.1, 0.15) is 23.3 Å². The zero-order valence-electron chi connectivity index (χ0n) is 19.6. The second kappa shape index (κ2) is 7.38. The third kappa shape index (κ3) is 3.99. The summed E-state index contributed by atoms with van der Waals surface area (Å²) in [6.07, 6.45) is 5.88. The molecule has 1 aliphatic carbocycles. The number of fused-ring (bicyclic) bond motifs is 2.